The molecule has 19 heavy (non-hydrogen) atoms. The number of nitrogens with zero attached hydrogens (tertiary/aromatic N) is 3. The van der Waals surface area contributed by atoms with Gasteiger partial charge in [0, 0.05) is 36.8 Å². The SMILES string of the molecule is Cc1nc(COC[C@@H]2CNCc3nccn3C2)cs1. The summed E-state index contributed by atoms with van der Waals surface area (Å²) >= 11 is 1.67. The summed E-state index contributed by atoms with van der Waals surface area (Å²) in [7, 11) is 0. The fourth-order valence-corrected chi connectivity index (χ4v) is 2.92. The molecule has 1 atom stereocenters. The minimum atomic E-state index is 0.482. The van der Waals surface area contributed by atoms with Gasteiger partial charge < -0.3 is 14.6 Å². The number of hydrogen-bond donors (Lipinski definition) is 1. The van der Waals surface area contributed by atoms with E-state index in [0.29, 0.717) is 12.5 Å². The first-order valence-corrected chi connectivity index (χ1v) is 7.38. The Morgan fingerprint density at radius 1 is 1.58 bits per heavy atom. The van der Waals surface area contributed by atoms with Crippen LogP contribution in [0.15, 0.2) is 17.8 Å². The summed E-state index contributed by atoms with van der Waals surface area (Å²) in [6, 6.07) is 0. The number of hydrogen-bond acceptors (Lipinski definition) is 5. The van der Waals surface area contributed by atoms with E-state index in [4.69, 9.17) is 4.74 Å². The molecule has 1 N–H and O–H groups in total. The Kier molecular flexibility index (Phi) is 3.91. The van der Waals surface area contributed by atoms with E-state index in [1.54, 1.807) is 11.3 Å². The average Bonchev–Trinajstić information content (AvgIpc) is 2.95. The highest BCUT2D eigenvalue weighted by Crippen LogP contribution is 2.12. The number of fused-ring (bicyclic) bond motifs is 1. The number of ether oxygens (including phenoxy) is 1. The second kappa shape index (κ2) is 5.81. The highest BCUT2D eigenvalue weighted by atomic mass is 32.1. The zero-order valence-corrected chi connectivity index (χ0v) is 11.8. The van der Waals surface area contributed by atoms with Crippen LogP contribution in [0.25, 0.3) is 0 Å². The molecule has 0 bridgehead atoms. The molecule has 0 aromatic carbocycles. The Balaban J connectivity index is 1.50. The molecule has 3 heterocycles. The molecular formula is C13H18N4OS. The molecule has 0 saturated carbocycles. The highest BCUT2D eigenvalue weighted by molar-refractivity contribution is 7.09. The summed E-state index contributed by atoms with van der Waals surface area (Å²) in [4.78, 5) is 8.74. The fourth-order valence-electron chi connectivity index (χ4n) is 2.32. The number of nitrogens with one attached hydrogen (secondary N) is 1. The lowest BCUT2D eigenvalue weighted by Gasteiger charge is -2.15. The number of thiazole rings is 1. The predicted molar refractivity (Wildman–Crippen MR) is 73.9 cm³/mol. The molecule has 6 heteroatoms. The number of rotatable bonds is 4. The van der Waals surface area contributed by atoms with Crippen LogP contribution < -0.4 is 5.32 Å². The van der Waals surface area contributed by atoms with E-state index in [-0.39, 0.29) is 0 Å². The molecule has 102 valence electrons. The van der Waals surface area contributed by atoms with Crippen molar-refractivity contribution in [3.8, 4) is 0 Å². The molecule has 0 aliphatic carbocycles. The number of aromatic nitrogens is 3. The Bertz CT molecular complexity index is 536. The molecule has 3 rings (SSSR count). The second-order valence-corrected chi connectivity index (χ2v) is 5.93. The van der Waals surface area contributed by atoms with Crippen LogP contribution in [0.4, 0.5) is 0 Å². The summed E-state index contributed by atoms with van der Waals surface area (Å²) in [6.45, 7) is 6.16. The third kappa shape index (κ3) is 3.20. The van der Waals surface area contributed by atoms with Crippen LogP contribution in [0.2, 0.25) is 0 Å². The molecule has 0 amide bonds. The van der Waals surface area contributed by atoms with Gasteiger partial charge in [0.15, 0.2) is 0 Å². The van der Waals surface area contributed by atoms with Crippen molar-refractivity contribution in [2.45, 2.75) is 26.6 Å². The third-order valence-electron chi connectivity index (χ3n) is 3.24. The molecular weight excluding hydrogens is 260 g/mol. The molecule has 0 saturated heterocycles. The van der Waals surface area contributed by atoms with Crippen LogP contribution in [0.5, 0.6) is 0 Å². The van der Waals surface area contributed by atoms with Gasteiger partial charge in [-0.1, -0.05) is 0 Å². The van der Waals surface area contributed by atoms with E-state index in [1.165, 1.54) is 0 Å². The maximum Gasteiger partial charge on any atom is 0.122 e. The van der Waals surface area contributed by atoms with Crippen molar-refractivity contribution >= 4 is 11.3 Å². The highest BCUT2D eigenvalue weighted by Gasteiger charge is 2.16. The van der Waals surface area contributed by atoms with Crippen molar-refractivity contribution in [2.24, 2.45) is 5.92 Å². The Labute approximate surface area is 116 Å². The Morgan fingerprint density at radius 3 is 3.37 bits per heavy atom. The summed E-state index contributed by atoms with van der Waals surface area (Å²) in [6.07, 6.45) is 3.90. The van der Waals surface area contributed by atoms with Crippen LogP contribution >= 0.6 is 11.3 Å². The lowest BCUT2D eigenvalue weighted by molar-refractivity contribution is 0.0806. The van der Waals surface area contributed by atoms with Crippen LogP contribution in [-0.4, -0.2) is 27.7 Å². The van der Waals surface area contributed by atoms with Crippen molar-refractivity contribution in [1.29, 1.82) is 0 Å². The van der Waals surface area contributed by atoms with E-state index in [9.17, 15) is 0 Å². The average molecular weight is 278 g/mol. The standard InChI is InChI=1S/C13H18N4OS/c1-10-16-12(9-19-10)8-18-7-11-4-14-5-13-15-2-3-17(13)6-11/h2-3,9,11,14H,4-8H2,1H3/t11-/m1/s1. The molecule has 0 unspecified atom stereocenters. The predicted octanol–water partition coefficient (Wildman–Crippen LogP) is 1.58. The monoisotopic (exact) mass is 278 g/mol. The van der Waals surface area contributed by atoms with E-state index in [0.717, 1.165) is 42.8 Å². The topological polar surface area (TPSA) is 52.0 Å². The van der Waals surface area contributed by atoms with Gasteiger partial charge in [-0.3, -0.25) is 0 Å². The molecule has 2 aromatic rings. The van der Waals surface area contributed by atoms with Crippen LogP contribution in [0.1, 0.15) is 16.5 Å². The minimum Gasteiger partial charge on any atom is -0.375 e. The molecule has 5 nitrogen and oxygen atoms in total. The van der Waals surface area contributed by atoms with Gasteiger partial charge in [-0.25, -0.2) is 9.97 Å². The molecule has 1 aliphatic rings. The van der Waals surface area contributed by atoms with Crippen LogP contribution in [0, 0.1) is 12.8 Å². The summed E-state index contributed by atoms with van der Waals surface area (Å²) < 4.78 is 8.00. The maximum absolute atomic E-state index is 5.79. The lowest BCUT2D eigenvalue weighted by Crippen LogP contribution is -2.25. The molecule has 1 aliphatic heterocycles. The van der Waals surface area contributed by atoms with Crippen LogP contribution in [0.3, 0.4) is 0 Å². The van der Waals surface area contributed by atoms with Gasteiger partial charge in [0.05, 0.1) is 30.5 Å². The molecule has 0 radical (unpaired) electrons. The van der Waals surface area contributed by atoms with Crippen molar-refractivity contribution < 1.29 is 4.74 Å². The fraction of sp³-hybridized carbons (Fsp3) is 0.538. The first kappa shape index (κ1) is 12.8. The summed E-state index contributed by atoms with van der Waals surface area (Å²) in [5.41, 5.74) is 1.03. The molecule has 0 fully saturated rings. The normalized spacial score (nSPS) is 19.1. The zero-order chi connectivity index (χ0) is 13.1. The smallest absolute Gasteiger partial charge is 0.122 e. The number of aryl methyl sites for hydroxylation is 1. The molecule has 0 spiro atoms. The minimum absolute atomic E-state index is 0.482. The zero-order valence-electron chi connectivity index (χ0n) is 11.0. The third-order valence-corrected chi connectivity index (χ3v) is 4.07. The largest absolute Gasteiger partial charge is 0.375 e. The van der Waals surface area contributed by atoms with E-state index in [1.807, 2.05) is 19.3 Å². The van der Waals surface area contributed by atoms with E-state index >= 15 is 0 Å². The quantitative estimate of drug-likeness (QED) is 0.922. The summed E-state index contributed by atoms with van der Waals surface area (Å²) in [5.74, 6) is 1.59. The molecule has 2 aromatic heterocycles. The van der Waals surface area contributed by atoms with Crippen molar-refractivity contribution in [1.82, 2.24) is 19.9 Å². The van der Waals surface area contributed by atoms with Gasteiger partial charge >= 0.3 is 0 Å². The van der Waals surface area contributed by atoms with Crippen molar-refractivity contribution in [3.63, 3.8) is 0 Å². The van der Waals surface area contributed by atoms with Crippen molar-refractivity contribution in [2.75, 3.05) is 13.2 Å². The first-order valence-electron chi connectivity index (χ1n) is 6.51. The number of imidazole rings is 1. The van der Waals surface area contributed by atoms with Gasteiger partial charge in [-0.2, -0.15) is 0 Å². The van der Waals surface area contributed by atoms with E-state index in [2.05, 4.69) is 25.2 Å². The maximum atomic E-state index is 5.79. The first-order chi connectivity index (χ1) is 9.31. The van der Waals surface area contributed by atoms with E-state index < -0.39 is 0 Å². The second-order valence-electron chi connectivity index (χ2n) is 4.87. The van der Waals surface area contributed by atoms with Crippen molar-refractivity contribution in [3.05, 3.63) is 34.3 Å². The van der Waals surface area contributed by atoms with Gasteiger partial charge in [0.1, 0.15) is 5.82 Å². The van der Waals surface area contributed by atoms with Crippen LogP contribution in [-0.2, 0) is 24.4 Å². The van der Waals surface area contributed by atoms with Gasteiger partial charge in [0.25, 0.3) is 0 Å². The summed E-state index contributed by atoms with van der Waals surface area (Å²) in [5, 5.41) is 6.57. The van der Waals surface area contributed by atoms with Gasteiger partial charge in [-0.05, 0) is 6.92 Å². The van der Waals surface area contributed by atoms with Gasteiger partial charge in [-0.15, -0.1) is 11.3 Å². The Morgan fingerprint density at radius 2 is 2.53 bits per heavy atom. The lowest BCUT2D eigenvalue weighted by atomic mass is 10.1. The Hall–Kier alpha value is -1.24. The van der Waals surface area contributed by atoms with Gasteiger partial charge in [0.2, 0.25) is 0 Å².